The predicted octanol–water partition coefficient (Wildman–Crippen LogP) is 3.19. The number of rotatable bonds is 5. The van der Waals surface area contributed by atoms with Crippen LogP contribution in [0.4, 0.5) is 0 Å². The first kappa shape index (κ1) is 13.9. The zero-order chi connectivity index (χ0) is 14.5. The molecule has 0 aliphatic rings. The molecule has 0 saturated heterocycles. The van der Waals surface area contributed by atoms with Gasteiger partial charge in [-0.25, -0.2) is 0 Å². The van der Waals surface area contributed by atoms with Crippen LogP contribution in [0.2, 0.25) is 0 Å². The molecule has 0 atom stereocenters. The second-order valence-corrected chi connectivity index (χ2v) is 4.14. The summed E-state index contributed by atoms with van der Waals surface area (Å²) in [6.07, 6.45) is 0.749. The Bertz CT molecular complexity index is 603. The maximum Gasteiger partial charge on any atom is 0.153 e. The molecule has 104 valence electrons. The van der Waals surface area contributed by atoms with E-state index in [1.165, 1.54) is 7.11 Å². The Labute approximate surface area is 117 Å². The highest BCUT2D eigenvalue weighted by Gasteiger charge is 2.12. The summed E-state index contributed by atoms with van der Waals surface area (Å²) < 4.78 is 15.7. The second-order valence-electron chi connectivity index (χ2n) is 4.14. The highest BCUT2D eigenvalue weighted by atomic mass is 16.5. The van der Waals surface area contributed by atoms with Crippen LogP contribution in [0.1, 0.15) is 10.4 Å². The highest BCUT2D eigenvalue weighted by Crippen LogP contribution is 2.36. The molecule has 20 heavy (non-hydrogen) atoms. The summed E-state index contributed by atoms with van der Waals surface area (Å²) in [5.74, 6) is 1.92. The van der Waals surface area contributed by atoms with Crippen molar-refractivity contribution in [2.75, 3.05) is 21.3 Å². The van der Waals surface area contributed by atoms with Gasteiger partial charge in [-0.3, -0.25) is 4.79 Å². The lowest BCUT2D eigenvalue weighted by Gasteiger charge is -2.13. The van der Waals surface area contributed by atoms with Crippen LogP contribution in [0.15, 0.2) is 36.4 Å². The van der Waals surface area contributed by atoms with E-state index in [-0.39, 0.29) is 0 Å². The first-order chi connectivity index (χ1) is 9.73. The standard InChI is InChI=1S/C16H16O4/c1-18-13-6-4-11(5-7-13)14-9-15(19-2)12(10-17)8-16(14)20-3/h4-10H,1-3H3. The molecule has 0 spiro atoms. The topological polar surface area (TPSA) is 44.8 Å². The normalized spacial score (nSPS) is 9.95. The molecule has 0 saturated carbocycles. The molecule has 0 aliphatic carbocycles. The van der Waals surface area contributed by atoms with Crippen molar-refractivity contribution in [3.05, 3.63) is 42.0 Å². The summed E-state index contributed by atoms with van der Waals surface area (Å²) >= 11 is 0. The maximum absolute atomic E-state index is 11.0. The summed E-state index contributed by atoms with van der Waals surface area (Å²) in [6, 6.07) is 11.1. The van der Waals surface area contributed by atoms with Gasteiger partial charge < -0.3 is 14.2 Å². The largest absolute Gasteiger partial charge is 0.497 e. The SMILES string of the molecule is COc1ccc(-c2cc(OC)c(C=O)cc2OC)cc1. The Kier molecular flexibility index (Phi) is 4.25. The number of methoxy groups -OCH3 is 3. The molecule has 2 aromatic rings. The minimum atomic E-state index is 0.460. The van der Waals surface area contributed by atoms with Crippen LogP contribution in [0, 0.1) is 0 Å². The number of hydrogen-bond acceptors (Lipinski definition) is 4. The monoisotopic (exact) mass is 272 g/mol. The van der Waals surface area contributed by atoms with E-state index in [2.05, 4.69) is 0 Å². The van der Waals surface area contributed by atoms with Crippen molar-refractivity contribution in [3.8, 4) is 28.4 Å². The summed E-state index contributed by atoms with van der Waals surface area (Å²) in [6.45, 7) is 0. The number of ether oxygens (including phenoxy) is 3. The summed E-state index contributed by atoms with van der Waals surface area (Å²) in [5.41, 5.74) is 2.28. The van der Waals surface area contributed by atoms with E-state index in [0.717, 1.165) is 23.2 Å². The molecule has 4 heteroatoms. The van der Waals surface area contributed by atoms with Gasteiger partial charge in [0.25, 0.3) is 0 Å². The Morgan fingerprint density at radius 2 is 1.50 bits per heavy atom. The fourth-order valence-corrected chi connectivity index (χ4v) is 2.01. The van der Waals surface area contributed by atoms with E-state index in [1.807, 2.05) is 24.3 Å². The molecule has 2 rings (SSSR count). The van der Waals surface area contributed by atoms with Gasteiger partial charge in [0.1, 0.15) is 17.2 Å². The van der Waals surface area contributed by atoms with Gasteiger partial charge in [-0.1, -0.05) is 12.1 Å². The average Bonchev–Trinajstić information content (AvgIpc) is 2.53. The average molecular weight is 272 g/mol. The molecular weight excluding hydrogens is 256 g/mol. The quantitative estimate of drug-likeness (QED) is 0.784. The molecule has 0 bridgehead atoms. The lowest BCUT2D eigenvalue weighted by atomic mass is 10.0. The first-order valence-corrected chi connectivity index (χ1v) is 6.09. The molecule has 0 radical (unpaired) electrons. The van der Waals surface area contributed by atoms with E-state index in [0.29, 0.717) is 17.1 Å². The molecule has 0 fully saturated rings. The van der Waals surface area contributed by atoms with Crippen molar-refractivity contribution >= 4 is 6.29 Å². The molecule has 0 N–H and O–H groups in total. The molecule has 0 amide bonds. The Morgan fingerprint density at radius 1 is 0.850 bits per heavy atom. The lowest BCUT2D eigenvalue weighted by Crippen LogP contribution is -1.95. The summed E-state index contributed by atoms with van der Waals surface area (Å²) in [7, 11) is 4.73. The van der Waals surface area contributed by atoms with Gasteiger partial charge in [0.2, 0.25) is 0 Å². The molecule has 2 aromatic carbocycles. The Morgan fingerprint density at radius 3 is 2.00 bits per heavy atom. The third-order valence-electron chi connectivity index (χ3n) is 3.08. The van der Waals surface area contributed by atoms with E-state index in [9.17, 15) is 4.79 Å². The molecule has 0 heterocycles. The number of aldehydes is 1. The number of hydrogen-bond donors (Lipinski definition) is 0. The molecule has 0 unspecified atom stereocenters. The number of carbonyl (C=O) groups is 1. The van der Waals surface area contributed by atoms with Gasteiger partial charge in [-0.05, 0) is 29.8 Å². The highest BCUT2D eigenvalue weighted by molar-refractivity contribution is 5.85. The van der Waals surface area contributed by atoms with Crippen LogP contribution in [0.25, 0.3) is 11.1 Å². The van der Waals surface area contributed by atoms with Gasteiger partial charge in [0.15, 0.2) is 6.29 Å². The van der Waals surface area contributed by atoms with Gasteiger partial charge in [-0.2, -0.15) is 0 Å². The Hall–Kier alpha value is -2.49. The van der Waals surface area contributed by atoms with Crippen molar-refractivity contribution < 1.29 is 19.0 Å². The van der Waals surface area contributed by atoms with E-state index in [1.54, 1.807) is 26.4 Å². The molecular formula is C16H16O4. The third kappa shape index (κ3) is 2.59. The van der Waals surface area contributed by atoms with Gasteiger partial charge >= 0.3 is 0 Å². The molecule has 0 aliphatic heterocycles. The zero-order valence-corrected chi connectivity index (χ0v) is 11.7. The van der Waals surface area contributed by atoms with Crippen LogP contribution in [-0.2, 0) is 0 Å². The van der Waals surface area contributed by atoms with Crippen LogP contribution in [0.3, 0.4) is 0 Å². The van der Waals surface area contributed by atoms with Crippen molar-refractivity contribution in [3.63, 3.8) is 0 Å². The third-order valence-corrected chi connectivity index (χ3v) is 3.08. The van der Waals surface area contributed by atoms with Crippen molar-refractivity contribution in [2.24, 2.45) is 0 Å². The summed E-state index contributed by atoms with van der Waals surface area (Å²) in [4.78, 5) is 11.0. The maximum atomic E-state index is 11.0. The van der Waals surface area contributed by atoms with Crippen molar-refractivity contribution in [1.82, 2.24) is 0 Å². The van der Waals surface area contributed by atoms with Crippen LogP contribution < -0.4 is 14.2 Å². The Balaban J connectivity index is 2.55. The number of benzene rings is 2. The van der Waals surface area contributed by atoms with E-state index >= 15 is 0 Å². The van der Waals surface area contributed by atoms with Crippen molar-refractivity contribution in [1.29, 1.82) is 0 Å². The van der Waals surface area contributed by atoms with Crippen molar-refractivity contribution in [2.45, 2.75) is 0 Å². The van der Waals surface area contributed by atoms with E-state index in [4.69, 9.17) is 14.2 Å². The van der Waals surface area contributed by atoms with Gasteiger partial charge in [-0.15, -0.1) is 0 Å². The van der Waals surface area contributed by atoms with Crippen LogP contribution >= 0.6 is 0 Å². The predicted molar refractivity (Wildman–Crippen MR) is 76.9 cm³/mol. The molecule has 4 nitrogen and oxygen atoms in total. The number of carbonyl (C=O) groups excluding carboxylic acids is 1. The minimum Gasteiger partial charge on any atom is -0.497 e. The first-order valence-electron chi connectivity index (χ1n) is 6.09. The smallest absolute Gasteiger partial charge is 0.153 e. The van der Waals surface area contributed by atoms with Gasteiger partial charge in [0.05, 0.1) is 26.9 Å². The fraction of sp³-hybridized carbons (Fsp3) is 0.188. The van der Waals surface area contributed by atoms with E-state index < -0.39 is 0 Å². The lowest BCUT2D eigenvalue weighted by molar-refractivity contribution is 0.112. The summed E-state index contributed by atoms with van der Waals surface area (Å²) in [5, 5.41) is 0. The van der Waals surface area contributed by atoms with Gasteiger partial charge in [0, 0.05) is 5.56 Å². The van der Waals surface area contributed by atoms with Crippen LogP contribution in [-0.4, -0.2) is 27.6 Å². The van der Waals surface area contributed by atoms with Crippen LogP contribution in [0.5, 0.6) is 17.2 Å². The zero-order valence-electron chi connectivity index (χ0n) is 11.7. The fourth-order valence-electron chi connectivity index (χ4n) is 2.01. The minimum absolute atomic E-state index is 0.460. The molecule has 0 aromatic heterocycles. The second kappa shape index (κ2) is 6.10.